The number of rotatable bonds is 7. The number of furan rings is 1. The van der Waals surface area contributed by atoms with Crippen molar-refractivity contribution in [1.82, 2.24) is 10.3 Å². The number of halogens is 1. The highest BCUT2D eigenvalue weighted by Gasteiger charge is 2.42. The Morgan fingerprint density at radius 3 is 2.21 bits per heavy atom. The van der Waals surface area contributed by atoms with E-state index in [0.29, 0.717) is 28.1 Å². The van der Waals surface area contributed by atoms with E-state index in [2.05, 4.69) is 10.3 Å². The Bertz CT molecular complexity index is 1570. The predicted octanol–water partition coefficient (Wildman–Crippen LogP) is 7.46. The van der Waals surface area contributed by atoms with E-state index in [0.717, 1.165) is 22.7 Å². The van der Waals surface area contributed by atoms with Crippen molar-refractivity contribution >= 4 is 23.0 Å². The number of nitrogens with one attached hydrogen (secondary N) is 1. The van der Waals surface area contributed by atoms with Gasteiger partial charge in [0.15, 0.2) is 5.11 Å². The molecule has 0 spiro atoms. The molecule has 0 unspecified atom stereocenters. The minimum atomic E-state index is -0.310. The zero-order chi connectivity index (χ0) is 26.8. The second-order valence-electron chi connectivity index (χ2n) is 8.98. The number of nitrogens with zero attached hydrogens (tertiary/aromatic N) is 2. The summed E-state index contributed by atoms with van der Waals surface area (Å²) in [6, 6.07) is 30.4. The fourth-order valence-corrected chi connectivity index (χ4v) is 5.00. The van der Waals surface area contributed by atoms with Gasteiger partial charge in [-0.05, 0) is 109 Å². The van der Waals surface area contributed by atoms with Crippen molar-refractivity contribution in [1.29, 1.82) is 0 Å². The van der Waals surface area contributed by atoms with Crippen LogP contribution in [-0.2, 0) is 0 Å². The molecule has 2 atom stereocenters. The number of anilines is 1. The first-order valence-corrected chi connectivity index (χ1v) is 12.8. The third kappa shape index (κ3) is 5.06. The first-order chi connectivity index (χ1) is 19.1. The standard InChI is InChI=1S/C31H24FN3O3S/c1-36-23-13-15-25(16-14-23)37-24-11-9-22(10-12-24)35-30(29(34-31(35)39)26-4-2-3-19-33-26)28-18-17-27(38-28)20-5-7-21(32)8-6-20/h2-19,29-30H,1H3,(H,34,39)/t29-,30-/m0/s1. The molecule has 1 saturated heterocycles. The van der Waals surface area contributed by atoms with Gasteiger partial charge in [-0.2, -0.15) is 0 Å². The molecule has 39 heavy (non-hydrogen) atoms. The van der Waals surface area contributed by atoms with Crippen LogP contribution in [0.5, 0.6) is 17.2 Å². The minimum absolute atomic E-state index is 0.249. The Labute approximate surface area is 230 Å². The van der Waals surface area contributed by atoms with Gasteiger partial charge >= 0.3 is 0 Å². The van der Waals surface area contributed by atoms with Gasteiger partial charge in [0.1, 0.15) is 40.6 Å². The predicted molar refractivity (Wildman–Crippen MR) is 152 cm³/mol. The summed E-state index contributed by atoms with van der Waals surface area (Å²) in [6.07, 6.45) is 1.76. The summed E-state index contributed by atoms with van der Waals surface area (Å²) in [6.45, 7) is 0. The van der Waals surface area contributed by atoms with Crippen LogP contribution in [0, 0.1) is 5.82 Å². The zero-order valence-corrected chi connectivity index (χ0v) is 21.8. The molecule has 5 aromatic rings. The number of benzene rings is 3. The Morgan fingerprint density at radius 1 is 0.846 bits per heavy atom. The van der Waals surface area contributed by atoms with Crippen LogP contribution in [0.15, 0.2) is 114 Å². The van der Waals surface area contributed by atoms with Gasteiger partial charge in [0.05, 0.1) is 18.8 Å². The quantitative estimate of drug-likeness (QED) is 0.216. The molecule has 3 heterocycles. The number of thiocarbonyl (C=S) groups is 1. The number of methoxy groups -OCH3 is 1. The van der Waals surface area contributed by atoms with Crippen LogP contribution in [0.2, 0.25) is 0 Å². The largest absolute Gasteiger partial charge is 0.497 e. The summed E-state index contributed by atoms with van der Waals surface area (Å²) in [7, 11) is 1.63. The number of ether oxygens (including phenoxy) is 2. The van der Waals surface area contributed by atoms with E-state index in [1.165, 1.54) is 12.1 Å². The molecule has 1 fully saturated rings. The Hall–Kier alpha value is -4.69. The van der Waals surface area contributed by atoms with Crippen LogP contribution in [-0.4, -0.2) is 17.2 Å². The maximum Gasteiger partial charge on any atom is 0.174 e. The highest BCUT2D eigenvalue weighted by Crippen LogP contribution is 2.43. The second-order valence-corrected chi connectivity index (χ2v) is 9.36. The number of pyridine rings is 1. The van der Waals surface area contributed by atoms with E-state index in [1.807, 2.05) is 83.8 Å². The highest BCUT2D eigenvalue weighted by atomic mass is 32.1. The fourth-order valence-electron chi connectivity index (χ4n) is 4.66. The maximum absolute atomic E-state index is 13.5. The van der Waals surface area contributed by atoms with Gasteiger partial charge in [-0.3, -0.25) is 4.98 Å². The molecule has 1 N–H and O–H groups in total. The van der Waals surface area contributed by atoms with E-state index in [-0.39, 0.29) is 17.9 Å². The molecule has 1 aliphatic heterocycles. The van der Waals surface area contributed by atoms with Crippen LogP contribution in [0.1, 0.15) is 23.5 Å². The maximum atomic E-state index is 13.5. The summed E-state index contributed by atoms with van der Waals surface area (Å²) >= 11 is 5.81. The third-order valence-electron chi connectivity index (χ3n) is 6.56. The van der Waals surface area contributed by atoms with E-state index < -0.39 is 0 Å². The lowest BCUT2D eigenvalue weighted by atomic mass is 10.0. The Balaban J connectivity index is 1.32. The molecule has 0 aliphatic carbocycles. The van der Waals surface area contributed by atoms with Crippen molar-refractivity contribution in [2.45, 2.75) is 12.1 Å². The van der Waals surface area contributed by atoms with Gasteiger partial charge in [-0.1, -0.05) is 6.07 Å². The van der Waals surface area contributed by atoms with E-state index in [4.69, 9.17) is 26.1 Å². The van der Waals surface area contributed by atoms with Crippen LogP contribution < -0.4 is 19.7 Å². The molecule has 2 aromatic heterocycles. The molecular formula is C31H24FN3O3S. The van der Waals surface area contributed by atoms with Crippen molar-refractivity contribution in [3.63, 3.8) is 0 Å². The summed E-state index contributed by atoms with van der Waals surface area (Å²) in [5, 5.41) is 3.99. The summed E-state index contributed by atoms with van der Waals surface area (Å²) in [4.78, 5) is 6.61. The van der Waals surface area contributed by atoms with Crippen LogP contribution in [0.3, 0.4) is 0 Å². The fraction of sp³-hybridized carbons (Fsp3) is 0.0968. The minimum Gasteiger partial charge on any atom is -0.497 e. The topological polar surface area (TPSA) is 59.8 Å². The summed E-state index contributed by atoms with van der Waals surface area (Å²) < 4.78 is 31.0. The molecule has 1 aliphatic rings. The van der Waals surface area contributed by atoms with Crippen molar-refractivity contribution in [3.05, 3.63) is 127 Å². The van der Waals surface area contributed by atoms with Gasteiger partial charge in [-0.25, -0.2) is 4.39 Å². The van der Waals surface area contributed by atoms with Crippen LogP contribution in [0.25, 0.3) is 11.3 Å². The smallest absolute Gasteiger partial charge is 0.174 e. The Morgan fingerprint density at radius 2 is 1.54 bits per heavy atom. The molecule has 0 amide bonds. The number of hydrogen-bond acceptors (Lipinski definition) is 5. The van der Waals surface area contributed by atoms with E-state index >= 15 is 0 Å². The van der Waals surface area contributed by atoms with Crippen molar-refractivity contribution in [2.75, 3.05) is 12.0 Å². The van der Waals surface area contributed by atoms with E-state index in [9.17, 15) is 4.39 Å². The van der Waals surface area contributed by atoms with Gasteiger partial charge in [0.25, 0.3) is 0 Å². The van der Waals surface area contributed by atoms with Crippen molar-refractivity contribution < 1.29 is 18.3 Å². The molecule has 194 valence electrons. The number of aromatic nitrogens is 1. The second kappa shape index (κ2) is 10.6. The molecule has 3 aromatic carbocycles. The zero-order valence-electron chi connectivity index (χ0n) is 21.0. The first-order valence-electron chi connectivity index (χ1n) is 12.4. The SMILES string of the molecule is COc1ccc(Oc2ccc(N3C(=S)N[C@@H](c4ccccn4)[C@@H]3c3ccc(-c4ccc(F)cc4)o3)cc2)cc1. The van der Waals surface area contributed by atoms with Gasteiger partial charge in [-0.15, -0.1) is 0 Å². The lowest BCUT2D eigenvalue weighted by Gasteiger charge is -2.26. The normalized spacial score (nSPS) is 16.7. The summed E-state index contributed by atoms with van der Waals surface area (Å²) in [5.74, 6) is 3.22. The molecule has 0 radical (unpaired) electrons. The van der Waals surface area contributed by atoms with Gasteiger partial charge < -0.3 is 24.1 Å². The average Bonchev–Trinajstić information content (AvgIpc) is 3.59. The lowest BCUT2D eigenvalue weighted by Crippen LogP contribution is -2.29. The summed E-state index contributed by atoms with van der Waals surface area (Å²) in [5.41, 5.74) is 2.50. The van der Waals surface area contributed by atoms with Crippen molar-refractivity contribution in [3.8, 4) is 28.6 Å². The average molecular weight is 538 g/mol. The Kier molecular flexibility index (Phi) is 6.69. The lowest BCUT2D eigenvalue weighted by molar-refractivity contribution is 0.413. The van der Waals surface area contributed by atoms with Gasteiger partial charge in [0.2, 0.25) is 0 Å². The van der Waals surface area contributed by atoms with E-state index in [1.54, 1.807) is 25.4 Å². The van der Waals surface area contributed by atoms with Gasteiger partial charge in [0, 0.05) is 17.4 Å². The van der Waals surface area contributed by atoms with Crippen molar-refractivity contribution in [2.24, 2.45) is 0 Å². The molecule has 0 saturated carbocycles. The third-order valence-corrected chi connectivity index (χ3v) is 6.87. The molecule has 6 rings (SSSR count). The van der Waals surface area contributed by atoms with Crippen LogP contribution >= 0.6 is 12.2 Å². The monoisotopic (exact) mass is 537 g/mol. The molecule has 8 heteroatoms. The first kappa shape index (κ1) is 24.6. The molecule has 6 nitrogen and oxygen atoms in total. The molecular weight excluding hydrogens is 513 g/mol. The number of hydrogen-bond donors (Lipinski definition) is 1. The van der Waals surface area contributed by atoms with Crippen LogP contribution in [0.4, 0.5) is 10.1 Å². The highest BCUT2D eigenvalue weighted by molar-refractivity contribution is 7.80. The molecule has 0 bridgehead atoms.